The fourth-order valence-electron chi connectivity index (χ4n) is 1.40. The first-order valence-corrected chi connectivity index (χ1v) is 5.73. The maximum atomic E-state index is 12.3. The number of halogens is 4. The Balaban J connectivity index is 1.98. The SMILES string of the molecule is FC(F)(F)c1ccc(OCc2ccc(Cl)nc2)cc1. The van der Waals surface area contributed by atoms with E-state index in [1.807, 2.05) is 0 Å². The molecule has 0 N–H and O–H groups in total. The van der Waals surface area contributed by atoms with Crippen LogP contribution in [-0.2, 0) is 12.8 Å². The highest BCUT2D eigenvalue weighted by Crippen LogP contribution is 2.30. The lowest BCUT2D eigenvalue weighted by molar-refractivity contribution is -0.137. The second-order valence-electron chi connectivity index (χ2n) is 3.80. The molecule has 100 valence electrons. The van der Waals surface area contributed by atoms with Crippen LogP contribution in [0.5, 0.6) is 5.75 Å². The number of aromatic nitrogens is 1. The molecule has 0 saturated heterocycles. The van der Waals surface area contributed by atoms with Crippen molar-refractivity contribution in [3.8, 4) is 5.75 Å². The molecule has 0 atom stereocenters. The molecular weight excluding hydrogens is 279 g/mol. The van der Waals surface area contributed by atoms with Gasteiger partial charge in [0.15, 0.2) is 0 Å². The lowest BCUT2D eigenvalue weighted by atomic mass is 10.2. The van der Waals surface area contributed by atoms with Gasteiger partial charge in [0.1, 0.15) is 17.5 Å². The average Bonchev–Trinajstić information content (AvgIpc) is 2.37. The third kappa shape index (κ3) is 3.86. The number of rotatable bonds is 3. The first kappa shape index (κ1) is 13.7. The van der Waals surface area contributed by atoms with E-state index in [1.54, 1.807) is 18.3 Å². The van der Waals surface area contributed by atoms with Crippen LogP contribution in [0.4, 0.5) is 13.2 Å². The van der Waals surface area contributed by atoms with Crippen molar-refractivity contribution in [2.24, 2.45) is 0 Å². The summed E-state index contributed by atoms with van der Waals surface area (Å²) in [6.45, 7) is 0.218. The van der Waals surface area contributed by atoms with E-state index in [4.69, 9.17) is 16.3 Å². The van der Waals surface area contributed by atoms with Gasteiger partial charge in [-0.1, -0.05) is 17.7 Å². The highest BCUT2D eigenvalue weighted by Gasteiger charge is 2.29. The first-order valence-electron chi connectivity index (χ1n) is 5.35. The Morgan fingerprint density at radius 3 is 2.26 bits per heavy atom. The quantitative estimate of drug-likeness (QED) is 0.784. The summed E-state index contributed by atoms with van der Waals surface area (Å²) in [4.78, 5) is 3.87. The molecule has 0 radical (unpaired) electrons. The van der Waals surface area contributed by atoms with Crippen LogP contribution in [-0.4, -0.2) is 4.98 Å². The molecule has 0 aliphatic heterocycles. The highest BCUT2D eigenvalue weighted by atomic mass is 35.5. The van der Waals surface area contributed by atoms with Gasteiger partial charge in [0, 0.05) is 11.8 Å². The Bertz CT molecular complexity index is 537. The van der Waals surface area contributed by atoms with Gasteiger partial charge in [0.05, 0.1) is 5.56 Å². The summed E-state index contributed by atoms with van der Waals surface area (Å²) in [5.41, 5.74) is 0.0808. The number of alkyl halides is 3. The second-order valence-corrected chi connectivity index (χ2v) is 4.19. The van der Waals surface area contributed by atoms with Gasteiger partial charge in [-0.15, -0.1) is 0 Å². The van der Waals surface area contributed by atoms with Crippen molar-refractivity contribution < 1.29 is 17.9 Å². The monoisotopic (exact) mass is 287 g/mol. The normalized spacial score (nSPS) is 11.4. The van der Waals surface area contributed by atoms with Crippen molar-refractivity contribution in [3.63, 3.8) is 0 Å². The van der Waals surface area contributed by atoms with Crippen molar-refractivity contribution in [1.29, 1.82) is 0 Å². The van der Waals surface area contributed by atoms with E-state index in [2.05, 4.69) is 4.98 Å². The largest absolute Gasteiger partial charge is 0.489 e. The van der Waals surface area contributed by atoms with Crippen LogP contribution in [0, 0.1) is 0 Å². The van der Waals surface area contributed by atoms with Gasteiger partial charge >= 0.3 is 6.18 Å². The lowest BCUT2D eigenvalue weighted by Gasteiger charge is -2.09. The third-order valence-corrected chi connectivity index (χ3v) is 2.60. The van der Waals surface area contributed by atoms with Crippen molar-refractivity contribution in [2.45, 2.75) is 12.8 Å². The van der Waals surface area contributed by atoms with E-state index in [0.29, 0.717) is 10.9 Å². The molecule has 0 bridgehead atoms. The average molecular weight is 288 g/mol. The van der Waals surface area contributed by atoms with Crippen LogP contribution in [0.25, 0.3) is 0 Å². The summed E-state index contributed by atoms with van der Waals surface area (Å²) in [7, 11) is 0. The first-order chi connectivity index (χ1) is 8.95. The van der Waals surface area contributed by atoms with Gasteiger partial charge in [0.25, 0.3) is 0 Å². The van der Waals surface area contributed by atoms with E-state index < -0.39 is 11.7 Å². The zero-order valence-corrected chi connectivity index (χ0v) is 10.4. The number of nitrogens with zero attached hydrogens (tertiary/aromatic N) is 1. The van der Waals surface area contributed by atoms with Crippen LogP contribution in [0.1, 0.15) is 11.1 Å². The van der Waals surface area contributed by atoms with Gasteiger partial charge in [-0.2, -0.15) is 13.2 Å². The molecule has 0 saturated carbocycles. The van der Waals surface area contributed by atoms with Crippen molar-refractivity contribution >= 4 is 11.6 Å². The number of hydrogen-bond acceptors (Lipinski definition) is 2. The molecule has 0 fully saturated rings. The van der Waals surface area contributed by atoms with Gasteiger partial charge in [-0.05, 0) is 30.3 Å². The molecule has 0 aliphatic rings. The molecule has 0 aliphatic carbocycles. The lowest BCUT2D eigenvalue weighted by Crippen LogP contribution is -2.04. The molecule has 0 unspecified atom stereocenters. The topological polar surface area (TPSA) is 22.1 Å². The summed E-state index contributed by atoms with van der Waals surface area (Å²) in [5, 5.41) is 0.373. The number of benzene rings is 1. The van der Waals surface area contributed by atoms with Crippen molar-refractivity contribution in [2.75, 3.05) is 0 Å². The molecule has 0 spiro atoms. The molecule has 2 aromatic rings. The zero-order chi connectivity index (χ0) is 13.9. The van der Waals surface area contributed by atoms with E-state index in [1.165, 1.54) is 12.1 Å². The minimum absolute atomic E-state index is 0.218. The Hall–Kier alpha value is -1.75. The Morgan fingerprint density at radius 1 is 1.05 bits per heavy atom. The van der Waals surface area contributed by atoms with Crippen molar-refractivity contribution in [3.05, 3.63) is 58.9 Å². The fourth-order valence-corrected chi connectivity index (χ4v) is 1.51. The van der Waals surface area contributed by atoms with E-state index in [-0.39, 0.29) is 6.61 Å². The van der Waals surface area contributed by atoms with Crippen LogP contribution < -0.4 is 4.74 Å². The standard InChI is InChI=1S/C13H9ClF3NO/c14-12-6-1-9(7-18-12)8-19-11-4-2-10(3-5-11)13(15,16)17/h1-7H,8H2. The molecule has 0 amide bonds. The van der Waals surface area contributed by atoms with Crippen molar-refractivity contribution in [1.82, 2.24) is 4.98 Å². The summed E-state index contributed by atoms with van der Waals surface area (Å²) >= 11 is 5.63. The van der Waals surface area contributed by atoms with Gasteiger partial charge in [0.2, 0.25) is 0 Å². The van der Waals surface area contributed by atoms with Crippen LogP contribution >= 0.6 is 11.6 Å². The minimum Gasteiger partial charge on any atom is -0.489 e. The molecule has 1 aromatic carbocycles. The zero-order valence-electron chi connectivity index (χ0n) is 9.62. The smallest absolute Gasteiger partial charge is 0.416 e. The van der Waals surface area contributed by atoms with Crippen LogP contribution in [0.2, 0.25) is 5.15 Å². The Kier molecular flexibility index (Phi) is 3.95. The van der Waals surface area contributed by atoms with E-state index in [0.717, 1.165) is 17.7 Å². The number of ether oxygens (including phenoxy) is 1. The predicted molar refractivity (Wildman–Crippen MR) is 65.0 cm³/mol. The minimum atomic E-state index is -4.33. The molecule has 6 heteroatoms. The Morgan fingerprint density at radius 2 is 1.74 bits per heavy atom. The van der Waals surface area contributed by atoms with Gasteiger partial charge < -0.3 is 4.74 Å². The van der Waals surface area contributed by atoms with E-state index >= 15 is 0 Å². The number of hydrogen-bond donors (Lipinski definition) is 0. The highest BCUT2D eigenvalue weighted by molar-refractivity contribution is 6.29. The van der Waals surface area contributed by atoms with Gasteiger partial charge in [-0.25, -0.2) is 4.98 Å². The molecule has 2 rings (SSSR count). The molecule has 1 heterocycles. The molecule has 2 nitrogen and oxygen atoms in total. The summed E-state index contributed by atoms with van der Waals surface area (Å²) < 4.78 is 42.4. The van der Waals surface area contributed by atoms with Crippen LogP contribution in [0.15, 0.2) is 42.6 Å². The van der Waals surface area contributed by atoms with E-state index in [9.17, 15) is 13.2 Å². The fraction of sp³-hybridized carbons (Fsp3) is 0.154. The summed E-state index contributed by atoms with van der Waals surface area (Å²) in [6, 6.07) is 7.88. The summed E-state index contributed by atoms with van der Waals surface area (Å²) in [5.74, 6) is 0.364. The predicted octanol–water partition coefficient (Wildman–Crippen LogP) is 4.33. The Labute approximate surface area is 112 Å². The summed E-state index contributed by atoms with van der Waals surface area (Å²) in [6.07, 6.45) is -2.79. The number of pyridine rings is 1. The maximum absolute atomic E-state index is 12.3. The third-order valence-electron chi connectivity index (χ3n) is 2.38. The maximum Gasteiger partial charge on any atom is 0.416 e. The molecule has 1 aromatic heterocycles. The molecular formula is C13H9ClF3NO. The van der Waals surface area contributed by atoms with Crippen LogP contribution in [0.3, 0.4) is 0 Å². The van der Waals surface area contributed by atoms with Gasteiger partial charge in [-0.3, -0.25) is 0 Å². The molecule has 19 heavy (non-hydrogen) atoms. The second kappa shape index (κ2) is 5.48.